The van der Waals surface area contributed by atoms with E-state index in [2.05, 4.69) is 20.2 Å². The van der Waals surface area contributed by atoms with Gasteiger partial charge in [-0.05, 0) is 30.3 Å². The molecule has 12 heteroatoms. The van der Waals surface area contributed by atoms with Crippen LogP contribution in [0.25, 0.3) is 11.4 Å². The quantitative estimate of drug-likeness (QED) is 0.280. The number of anilines is 1. The molecule has 4 aromatic heterocycles. The van der Waals surface area contributed by atoms with Crippen molar-refractivity contribution in [1.29, 1.82) is 0 Å². The molecule has 4 heterocycles. The minimum absolute atomic E-state index is 0. The molecule has 0 spiro atoms. The first-order valence-electron chi connectivity index (χ1n) is 7.42. The normalized spacial score (nSPS) is 9.04. The fourth-order valence-electron chi connectivity index (χ4n) is 1.91. The standard InChI is InChI=1S/C8H6ClN3.C8H8N4.HNO2.Na/c2*9-8-3-5-12(11-8)7-2-1-4-10-6-7;2-1-3;/h1-6H;1-6H,(H2,9,11);(H,2,3);/q;;;+1/p-1. The molecule has 0 aliphatic rings. The summed E-state index contributed by atoms with van der Waals surface area (Å²) in [5.41, 5.74) is 7.28. The van der Waals surface area contributed by atoms with Crippen molar-refractivity contribution in [3.8, 4) is 11.4 Å². The molecule has 2 N–H and O–H groups in total. The second-order valence-electron chi connectivity index (χ2n) is 4.77. The molecular weight excluding hydrogens is 395 g/mol. The molecule has 10 nitrogen and oxygen atoms in total. The van der Waals surface area contributed by atoms with Crippen LogP contribution in [0.1, 0.15) is 0 Å². The smallest absolute Gasteiger partial charge is 0.444 e. The van der Waals surface area contributed by atoms with Crippen LogP contribution in [0, 0.1) is 10.1 Å². The number of nitrogens with two attached hydrogens (primary N) is 1. The van der Waals surface area contributed by atoms with Crippen molar-refractivity contribution in [3.63, 3.8) is 0 Å². The molecule has 4 aromatic rings. The van der Waals surface area contributed by atoms with Crippen molar-refractivity contribution < 1.29 is 29.6 Å². The Balaban J connectivity index is 0.000000239. The van der Waals surface area contributed by atoms with E-state index in [9.17, 15) is 0 Å². The van der Waals surface area contributed by atoms with Gasteiger partial charge in [0.15, 0.2) is 5.15 Å². The minimum atomic E-state index is 0. The number of aromatic nitrogens is 6. The SMILES string of the molecule is Clc1ccn(-c2cccnc2)n1.Nc1ccn(-c2cccnc2)n1.O=N[O-].[Na+]. The maximum atomic E-state index is 8.00. The maximum absolute atomic E-state index is 8.00. The van der Waals surface area contributed by atoms with Crippen LogP contribution in [0.15, 0.2) is 78.9 Å². The van der Waals surface area contributed by atoms with Crippen molar-refractivity contribution >= 4 is 17.4 Å². The monoisotopic (exact) mass is 408 g/mol. The number of rotatable bonds is 2. The third-order valence-electron chi connectivity index (χ3n) is 2.99. The molecule has 0 bridgehead atoms. The molecule has 0 unspecified atom stereocenters. The van der Waals surface area contributed by atoms with Crippen molar-refractivity contribution in [1.82, 2.24) is 29.5 Å². The van der Waals surface area contributed by atoms with Crippen molar-refractivity contribution in [2.75, 3.05) is 5.73 Å². The molecular formula is C16H14ClN8NaO2. The van der Waals surface area contributed by atoms with Crippen molar-refractivity contribution in [2.45, 2.75) is 0 Å². The van der Waals surface area contributed by atoms with Crippen molar-refractivity contribution in [3.05, 3.63) is 88.8 Å². The molecule has 0 aliphatic heterocycles. The van der Waals surface area contributed by atoms with Gasteiger partial charge in [-0.2, -0.15) is 10.2 Å². The van der Waals surface area contributed by atoms with Gasteiger partial charge in [0.25, 0.3) is 0 Å². The minimum Gasteiger partial charge on any atom is -0.444 e. The Morgan fingerprint density at radius 1 is 0.929 bits per heavy atom. The summed E-state index contributed by atoms with van der Waals surface area (Å²) < 4.78 is 3.36. The molecule has 0 saturated carbocycles. The number of nitrogens with zero attached hydrogens (tertiary/aromatic N) is 7. The molecule has 0 fully saturated rings. The van der Waals surface area contributed by atoms with Gasteiger partial charge >= 0.3 is 29.6 Å². The molecule has 0 aliphatic carbocycles. The van der Waals surface area contributed by atoms with E-state index in [0.29, 0.717) is 11.0 Å². The topological polar surface area (TPSA) is 140 Å². The van der Waals surface area contributed by atoms with E-state index in [1.54, 1.807) is 58.7 Å². The first-order chi connectivity index (χ1) is 13.1. The van der Waals surface area contributed by atoms with Gasteiger partial charge in [-0.15, -0.1) is 5.34 Å². The Morgan fingerprint density at radius 2 is 1.43 bits per heavy atom. The predicted molar refractivity (Wildman–Crippen MR) is 101 cm³/mol. The number of pyridine rings is 2. The second-order valence-corrected chi connectivity index (χ2v) is 5.15. The van der Waals surface area contributed by atoms with Crippen LogP contribution in [0.4, 0.5) is 5.82 Å². The Labute approximate surface area is 187 Å². The van der Waals surface area contributed by atoms with Crippen LogP contribution in [-0.2, 0) is 0 Å². The third kappa shape index (κ3) is 7.45. The van der Waals surface area contributed by atoms with E-state index in [1.807, 2.05) is 24.3 Å². The molecule has 0 saturated heterocycles. The number of hydrogen-bond donors (Lipinski definition) is 1. The van der Waals surface area contributed by atoms with Gasteiger partial charge in [-0.3, -0.25) is 9.97 Å². The van der Waals surface area contributed by atoms with E-state index in [1.165, 1.54) is 0 Å². The average molecular weight is 409 g/mol. The Morgan fingerprint density at radius 3 is 1.79 bits per heavy atom. The van der Waals surface area contributed by atoms with Gasteiger partial charge in [-0.1, -0.05) is 11.6 Å². The molecule has 4 rings (SSSR count). The van der Waals surface area contributed by atoms with Gasteiger partial charge in [0.1, 0.15) is 5.82 Å². The zero-order valence-corrected chi connectivity index (χ0v) is 17.6. The van der Waals surface area contributed by atoms with E-state index < -0.39 is 0 Å². The van der Waals surface area contributed by atoms with Crippen LogP contribution < -0.4 is 35.3 Å². The molecule has 0 atom stereocenters. The fraction of sp³-hybridized carbons (Fsp3) is 0. The summed E-state index contributed by atoms with van der Waals surface area (Å²) >= 11 is 5.66. The summed E-state index contributed by atoms with van der Waals surface area (Å²) in [5.74, 6) is 0.513. The summed E-state index contributed by atoms with van der Waals surface area (Å²) in [6.07, 6.45) is 10.5. The largest absolute Gasteiger partial charge is 1.00 e. The van der Waals surface area contributed by atoms with Crippen LogP contribution in [-0.4, -0.2) is 29.5 Å². The van der Waals surface area contributed by atoms with Crippen LogP contribution >= 0.6 is 11.6 Å². The number of hydrogen-bond acceptors (Lipinski definition) is 8. The zero-order chi connectivity index (χ0) is 19.5. The zero-order valence-electron chi connectivity index (χ0n) is 14.8. The summed E-state index contributed by atoms with van der Waals surface area (Å²) in [7, 11) is 0. The van der Waals surface area contributed by atoms with Crippen LogP contribution in [0.5, 0.6) is 0 Å². The third-order valence-corrected chi connectivity index (χ3v) is 3.19. The summed E-state index contributed by atoms with van der Waals surface area (Å²) in [4.78, 5) is 15.9. The number of nitrogen functional groups attached to an aromatic ring is 1. The summed E-state index contributed by atoms with van der Waals surface area (Å²) in [6, 6.07) is 11.0. The Bertz CT molecular complexity index is 874. The van der Waals surface area contributed by atoms with E-state index in [0.717, 1.165) is 16.7 Å². The summed E-state index contributed by atoms with van der Waals surface area (Å²) in [5, 5.41) is 17.5. The van der Waals surface area contributed by atoms with Gasteiger partial charge in [-0.25, -0.2) is 9.36 Å². The van der Waals surface area contributed by atoms with E-state index in [4.69, 9.17) is 27.4 Å². The molecule has 138 valence electrons. The predicted octanol–water partition coefficient (Wildman–Crippen LogP) is 0.0248. The number of halogens is 1. The fourth-order valence-corrected chi connectivity index (χ4v) is 2.04. The Kier molecular flexibility index (Phi) is 10.4. The van der Waals surface area contributed by atoms with Crippen molar-refractivity contribution in [2.24, 2.45) is 5.34 Å². The van der Waals surface area contributed by atoms with Gasteiger partial charge in [0, 0.05) is 30.9 Å². The van der Waals surface area contributed by atoms with E-state index in [-0.39, 0.29) is 29.6 Å². The Hall–Kier alpha value is -2.79. The average Bonchev–Trinajstić information content (AvgIpc) is 3.33. The second kappa shape index (κ2) is 12.6. The molecule has 0 aromatic carbocycles. The van der Waals surface area contributed by atoms with Gasteiger partial charge in [0.2, 0.25) is 0 Å². The van der Waals surface area contributed by atoms with E-state index >= 15 is 0 Å². The van der Waals surface area contributed by atoms with Gasteiger partial charge < -0.3 is 15.8 Å². The molecule has 0 amide bonds. The maximum Gasteiger partial charge on any atom is 1.00 e. The summed E-state index contributed by atoms with van der Waals surface area (Å²) in [6.45, 7) is 0. The molecule has 28 heavy (non-hydrogen) atoms. The molecule has 0 radical (unpaired) electrons. The van der Waals surface area contributed by atoms with Gasteiger partial charge in [0.05, 0.1) is 23.8 Å². The first kappa shape index (κ1) is 23.2. The van der Waals surface area contributed by atoms with Crippen LogP contribution in [0.2, 0.25) is 5.15 Å². The first-order valence-corrected chi connectivity index (χ1v) is 7.80. The van der Waals surface area contributed by atoms with Crippen LogP contribution in [0.3, 0.4) is 0 Å².